The van der Waals surface area contributed by atoms with Gasteiger partial charge in [-0.05, 0) is 11.1 Å². The number of hydrogen-bond acceptors (Lipinski definition) is 3. The second-order valence-corrected chi connectivity index (χ2v) is 4.12. The monoisotopic (exact) mass is 231 g/mol. The third kappa shape index (κ3) is 2.50. The predicted molar refractivity (Wildman–Crippen MR) is 64.7 cm³/mol. The number of rotatable bonds is 2. The molecule has 88 valence electrons. The molecule has 2 aromatic rings. The normalized spacial score (nSPS) is 10.5. The second kappa shape index (κ2) is 4.37. The lowest BCUT2D eigenvalue weighted by Gasteiger charge is -2.01. The summed E-state index contributed by atoms with van der Waals surface area (Å²) in [7, 11) is 1.95. The van der Waals surface area contributed by atoms with Crippen LogP contribution in [-0.2, 0) is 13.6 Å². The van der Waals surface area contributed by atoms with Crippen molar-refractivity contribution in [3.8, 4) is 0 Å². The molecule has 17 heavy (non-hydrogen) atoms. The highest BCUT2D eigenvalue weighted by Gasteiger charge is 2.15. The summed E-state index contributed by atoms with van der Waals surface area (Å²) in [6.45, 7) is 2.59. The molecule has 0 saturated carbocycles. The Labute approximate surface area is 100 Å². The van der Waals surface area contributed by atoms with E-state index in [2.05, 4.69) is 4.98 Å². The zero-order chi connectivity index (χ0) is 12.4. The van der Waals surface area contributed by atoms with Crippen LogP contribution < -0.4 is 20.6 Å². The van der Waals surface area contributed by atoms with Crippen molar-refractivity contribution in [2.75, 3.05) is 11.5 Å². The van der Waals surface area contributed by atoms with Crippen LogP contribution in [0.4, 0.5) is 11.5 Å². The van der Waals surface area contributed by atoms with Crippen LogP contribution in [0.1, 0.15) is 11.4 Å². The van der Waals surface area contributed by atoms with Crippen molar-refractivity contribution in [3.63, 3.8) is 0 Å². The van der Waals surface area contributed by atoms with Gasteiger partial charge < -0.3 is 11.5 Å². The summed E-state index contributed by atoms with van der Waals surface area (Å²) in [5.41, 5.74) is 13.4. The van der Waals surface area contributed by atoms with E-state index in [1.807, 2.05) is 53.8 Å². The van der Waals surface area contributed by atoms with Gasteiger partial charge >= 0.3 is 0 Å². The maximum absolute atomic E-state index is 5.91. The zero-order valence-corrected chi connectivity index (χ0v) is 10.1. The van der Waals surface area contributed by atoms with Crippen LogP contribution in [0, 0.1) is 6.92 Å². The third-order valence-corrected chi connectivity index (χ3v) is 2.71. The van der Waals surface area contributed by atoms with Crippen molar-refractivity contribution < 1.29 is 9.13 Å². The minimum Gasteiger partial charge on any atom is -0.394 e. The molecule has 4 N–H and O–H groups in total. The summed E-state index contributed by atoms with van der Waals surface area (Å²) in [4.78, 5) is 4.29. The molecular weight excluding hydrogens is 214 g/mol. The van der Waals surface area contributed by atoms with Crippen molar-refractivity contribution in [1.29, 1.82) is 0 Å². The van der Waals surface area contributed by atoms with Crippen molar-refractivity contribution >= 4 is 11.5 Å². The molecule has 0 atom stereocenters. The molecule has 0 aromatic carbocycles. The maximum Gasteiger partial charge on any atom is 0.297 e. The van der Waals surface area contributed by atoms with Crippen LogP contribution in [0.2, 0.25) is 0 Å². The Bertz CT molecular complexity index is 551. The highest BCUT2D eigenvalue weighted by atomic mass is 15.0. The van der Waals surface area contributed by atoms with Crippen molar-refractivity contribution in [3.05, 3.63) is 42.1 Å². The lowest BCUT2D eigenvalue weighted by Crippen LogP contribution is -2.38. The van der Waals surface area contributed by atoms with E-state index in [1.165, 1.54) is 0 Å². The van der Waals surface area contributed by atoms with Gasteiger partial charge in [-0.2, -0.15) is 4.57 Å². The van der Waals surface area contributed by atoms with Crippen LogP contribution in [0.25, 0.3) is 0 Å². The first-order chi connectivity index (χ1) is 8.06. The molecule has 0 aliphatic carbocycles. The molecule has 5 nitrogen and oxygen atoms in total. The minimum absolute atomic E-state index is 0.565. The maximum atomic E-state index is 5.91. The van der Waals surface area contributed by atoms with Crippen LogP contribution in [0.15, 0.2) is 30.7 Å². The molecule has 5 heteroatoms. The Hall–Kier alpha value is -2.17. The largest absolute Gasteiger partial charge is 0.394 e. The van der Waals surface area contributed by atoms with Crippen LogP contribution >= 0.6 is 0 Å². The van der Waals surface area contributed by atoms with Crippen LogP contribution in [0.3, 0.4) is 0 Å². The first kappa shape index (κ1) is 11.3. The molecule has 0 aliphatic rings. The van der Waals surface area contributed by atoms with Crippen LogP contribution in [0.5, 0.6) is 0 Å². The summed E-state index contributed by atoms with van der Waals surface area (Å²) in [6, 6.07) is 3.76. The van der Waals surface area contributed by atoms with Gasteiger partial charge in [-0.25, -0.2) is 4.57 Å². The lowest BCUT2D eigenvalue weighted by atomic mass is 10.3. The Morgan fingerprint density at radius 2 is 2.06 bits per heavy atom. The first-order valence-corrected chi connectivity index (χ1v) is 5.42. The number of pyridine rings is 1. The molecule has 0 unspecified atom stereocenters. The summed E-state index contributed by atoms with van der Waals surface area (Å²) >= 11 is 0. The SMILES string of the molecule is Cc1nc(N)c(C[n+]2cccc(N)c2)c[n+]1C. The molecule has 0 radical (unpaired) electrons. The van der Waals surface area contributed by atoms with Gasteiger partial charge in [0.1, 0.15) is 11.8 Å². The van der Waals surface area contributed by atoms with E-state index in [9.17, 15) is 0 Å². The molecule has 0 aliphatic heterocycles. The fourth-order valence-electron chi connectivity index (χ4n) is 1.68. The highest BCUT2D eigenvalue weighted by molar-refractivity contribution is 5.35. The van der Waals surface area contributed by atoms with E-state index in [1.54, 1.807) is 0 Å². The Balaban J connectivity index is 2.33. The van der Waals surface area contributed by atoms with E-state index in [0.717, 1.165) is 17.1 Å². The molecule has 0 bridgehead atoms. The Morgan fingerprint density at radius 1 is 1.29 bits per heavy atom. The molecule has 0 spiro atoms. The minimum atomic E-state index is 0.565. The van der Waals surface area contributed by atoms with Gasteiger partial charge in [-0.15, -0.1) is 0 Å². The number of nitrogens with zero attached hydrogens (tertiary/aromatic N) is 3. The Kier molecular flexibility index (Phi) is 2.91. The second-order valence-electron chi connectivity index (χ2n) is 4.12. The van der Waals surface area contributed by atoms with Gasteiger partial charge in [-0.1, -0.05) is 0 Å². The lowest BCUT2D eigenvalue weighted by molar-refractivity contribution is -0.697. The molecule has 0 amide bonds. The van der Waals surface area contributed by atoms with E-state index in [0.29, 0.717) is 12.4 Å². The topological polar surface area (TPSA) is 72.7 Å². The average Bonchev–Trinajstić information content (AvgIpc) is 2.26. The van der Waals surface area contributed by atoms with Gasteiger partial charge in [0.2, 0.25) is 0 Å². The highest BCUT2D eigenvalue weighted by Crippen LogP contribution is 2.05. The number of nitrogen functional groups attached to an aromatic ring is 2. The molecule has 0 fully saturated rings. The zero-order valence-electron chi connectivity index (χ0n) is 10.1. The third-order valence-electron chi connectivity index (χ3n) is 2.71. The first-order valence-electron chi connectivity index (χ1n) is 5.42. The quantitative estimate of drug-likeness (QED) is 0.698. The smallest absolute Gasteiger partial charge is 0.297 e. The fourth-order valence-corrected chi connectivity index (χ4v) is 1.68. The van der Waals surface area contributed by atoms with Gasteiger partial charge in [0, 0.05) is 13.0 Å². The molecule has 0 saturated heterocycles. The summed E-state index contributed by atoms with van der Waals surface area (Å²) in [5, 5.41) is 0. The predicted octanol–water partition coefficient (Wildman–Crippen LogP) is -0.285. The standard InChI is InChI=1S/C12H16N5/c1-9-15-12(14)10(6-16(9)2)7-17-5-3-4-11(13)8-17/h3-6,8,14H,7,13H2,1-2H3/q+1/p+1. The van der Waals surface area contributed by atoms with Gasteiger partial charge in [0.15, 0.2) is 18.9 Å². The van der Waals surface area contributed by atoms with E-state index in [-0.39, 0.29) is 0 Å². The van der Waals surface area contributed by atoms with Crippen molar-refractivity contribution in [1.82, 2.24) is 4.98 Å². The summed E-state index contributed by atoms with van der Waals surface area (Å²) < 4.78 is 3.94. The number of anilines is 2. The Morgan fingerprint density at radius 3 is 2.76 bits per heavy atom. The number of hydrogen-bond donors (Lipinski definition) is 2. The number of aromatic nitrogens is 3. The molecule has 2 rings (SSSR count). The molecular formula is C12H17N5+2. The summed E-state index contributed by atoms with van der Waals surface area (Å²) in [6.07, 6.45) is 5.82. The van der Waals surface area contributed by atoms with Gasteiger partial charge in [0.05, 0.1) is 12.7 Å². The summed E-state index contributed by atoms with van der Waals surface area (Å²) in [5.74, 6) is 1.46. The average molecular weight is 231 g/mol. The van der Waals surface area contributed by atoms with Crippen LogP contribution in [-0.4, -0.2) is 4.98 Å². The van der Waals surface area contributed by atoms with Crippen molar-refractivity contribution in [2.24, 2.45) is 7.05 Å². The van der Waals surface area contributed by atoms with E-state index < -0.39 is 0 Å². The van der Waals surface area contributed by atoms with Gasteiger partial charge in [0.25, 0.3) is 11.6 Å². The fraction of sp³-hybridized carbons (Fsp3) is 0.250. The van der Waals surface area contributed by atoms with Crippen molar-refractivity contribution in [2.45, 2.75) is 13.5 Å². The molecule has 2 aromatic heterocycles. The number of aryl methyl sites for hydroxylation is 2. The van der Waals surface area contributed by atoms with Gasteiger partial charge in [-0.3, -0.25) is 0 Å². The molecule has 2 heterocycles. The number of nitrogens with two attached hydrogens (primary N) is 2. The van der Waals surface area contributed by atoms with E-state index in [4.69, 9.17) is 11.5 Å². The van der Waals surface area contributed by atoms with E-state index >= 15 is 0 Å².